The number of hydrogen-bond donors (Lipinski definition) is 1. The van der Waals surface area contributed by atoms with Crippen LogP contribution in [0.5, 0.6) is 0 Å². The fourth-order valence-corrected chi connectivity index (χ4v) is 3.06. The molecule has 3 aromatic rings. The van der Waals surface area contributed by atoms with E-state index in [1.165, 1.54) is 12.1 Å². The highest BCUT2D eigenvalue weighted by Crippen LogP contribution is 2.22. The summed E-state index contributed by atoms with van der Waals surface area (Å²) >= 11 is 0. The highest BCUT2D eigenvalue weighted by Gasteiger charge is 2.18. The predicted octanol–water partition coefficient (Wildman–Crippen LogP) is 5.47. The van der Waals surface area contributed by atoms with Gasteiger partial charge in [0.15, 0.2) is 5.82 Å². The van der Waals surface area contributed by atoms with Crippen LogP contribution in [0, 0.1) is 5.82 Å². The van der Waals surface area contributed by atoms with E-state index < -0.39 is 12.2 Å². The largest absolute Gasteiger partial charge is 0.337 e. The Hall–Kier alpha value is -2.83. The second-order valence-corrected chi connectivity index (χ2v) is 6.71. The van der Waals surface area contributed by atoms with Crippen molar-refractivity contribution in [1.29, 1.82) is 0 Å². The van der Waals surface area contributed by atoms with Gasteiger partial charge in [-0.2, -0.15) is 0 Å². The summed E-state index contributed by atoms with van der Waals surface area (Å²) in [5.41, 5.74) is 2.02. The minimum absolute atomic E-state index is 0.199. The quantitative estimate of drug-likeness (QED) is 0.519. The molecule has 0 aliphatic heterocycles. The van der Waals surface area contributed by atoms with Crippen molar-refractivity contribution in [2.45, 2.75) is 39.2 Å². The van der Waals surface area contributed by atoms with Gasteiger partial charge in [0.25, 0.3) is 12.3 Å². The highest BCUT2D eigenvalue weighted by atomic mass is 19.3. The molecule has 0 atom stereocenters. The molecule has 0 aliphatic rings. The number of benzene rings is 2. The topological polar surface area (TPSA) is 49.0 Å². The fraction of sp³-hybridized carbons (Fsp3) is 0.333. The third-order valence-corrected chi connectivity index (χ3v) is 4.56. The van der Waals surface area contributed by atoms with Crippen LogP contribution in [-0.4, -0.2) is 27.3 Å². The number of hydrogen-bond acceptors (Lipinski definition) is 2. The second-order valence-electron chi connectivity index (χ2n) is 6.71. The Kier molecular flexibility index (Phi) is 6.34. The Morgan fingerprint density at radius 2 is 1.89 bits per heavy atom. The average molecular weight is 389 g/mol. The van der Waals surface area contributed by atoms with E-state index in [0.29, 0.717) is 29.7 Å². The Morgan fingerprint density at radius 3 is 2.57 bits per heavy atom. The third kappa shape index (κ3) is 4.71. The first kappa shape index (κ1) is 19.9. The molecule has 0 fully saturated rings. The van der Waals surface area contributed by atoms with Crippen LogP contribution in [0.25, 0.3) is 11.0 Å². The summed E-state index contributed by atoms with van der Waals surface area (Å²) in [6.07, 6.45) is 0.167. The second kappa shape index (κ2) is 8.91. The van der Waals surface area contributed by atoms with E-state index in [2.05, 4.69) is 16.9 Å². The molecule has 1 N–H and O–H groups in total. The summed E-state index contributed by atoms with van der Waals surface area (Å²) < 4.78 is 38.8. The van der Waals surface area contributed by atoms with Gasteiger partial charge >= 0.3 is 0 Å². The molecule has 0 saturated heterocycles. The molecule has 28 heavy (non-hydrogen) atoms. The smallest absolute Gasteiger partial charge is 0.295 e. The number of imidazole rings is 1. The molecule has 0 radical (unpaired) electrons. The van der Waals surface area contributed by atoms with Gasteiger partial charge in [-0.1, -0.05) is 31.9 Å². The number of aromatic nitrogens is 2. The van der Waals surface area contributed by atoms with Crippen LogP contribution in [0.3, 0.4) is 0 Å². The van der Waals surface area contributed by atoms with Crippen LogP contribution in [-0.2, 0) is 6.54 Å². The van der Waals surface area contributed by atoms with Crippen LogP contribution >= 0.6 is 0 Å². The van der Waals surface area contributed by atoms with Gasteiger partial charge in [-0.15, -0.1) is 0 Å². The Bertz CT molecular complexity index is 938. The number of halogens is 3. The SMILES string of the molecule is CCCCCN(Cc1ccc(F)cc1)C(=O)c1ccc2nc(C(F)F)[nH]c2c1. The molecule has 4 nitrogen and oxygen atoms in total. The van der Waals surface area contributed by atoms with Gasteiger partial charge in [0.05, 0.1) is 11.0 Å². The lowest BCUT2D eigenvalue weighted by molar-refractivity contribution is 0.0740. The van der Waals surface area contributed by atoms with E-state index in [9.17, 15) is 18.0 Å². The van der Waals surface area contributed by atoms with E-state index in [4.69, 9.17) is 0 Å². The van der Waals surface area contributed by atoms with Crippen LogP contribution in [0.4, 0.5) is 13.2 Å². The van der Waals surface area contributed by atoms with Gasteiger partial charge in [-0.05, 0) is 42.3 Å². The monoisotopic (exact) mass is 389 g/mol. The van der Waals surface area contributed by atoms with E-state index >= 15 is 0 Å². The van der Waals surface area contributed by atoms with Crippen molar-refractivity contribution in [2.24, 2.45) is 0 Å². The van der Waals surface area contributed by atoms with Gasteiger partial charge < -0.3 is 9.88 Å². The standard InChI is InChI=1S/C21H22F3N3O/c1-2-3-4-11-27(13-14-5-8-16(22)9-6-14)21(28)15-7-10-17-18(12-15)26-20(25-17)19(23)24/h5-10,12,19H,2-4,11,13H2,1H3,(H,25,26). The van der Waals surface area contributed by atoms with Crippen LogP contribution in [0.15, 0.2) is 42.5 Å². The molecule has 1 heterocycles. The maximum absolute atomic E-state index is 13.2. The number of unbranched alkanes of at least 4 members (excludes halogenated alkanes) is 2. The number of H-pyrrole nitrogens is 1. The zero-order valence-corrected chi connectivity index (χ0v) is 15.6. The summed E-state index contributed by atoms with van der Waals surface area (Å²) in [5.74, 6) is -0.937. The van der Waals surface area contributed by atoms with Gasteiger partial charge in [0, 0.05) is 18.7 Å². The number of aromatic amines is 1. The van der Waals surface area contributed by atoms with E-state index in [0.717, 1.165) is 24.8 Å². The van der Waals surface area contributed by atoms with Gasteiger partial charge in [0.1, 0.15) is 5.82 Å². The van der Waals surface area contributed by atoms with Gasteiger partial charge in [-0.25, -0.2) is 18.2 Å². The molecule has 148 valence electrons. The number of nitrogens with zero attached hydrogens (tertiary/aromatic N) is 2. The first-order chi connectivity index (χ1) is 13.5. The lowest BCUT2D eigenvalue weighted by atomic mass is 10.1. The average Bonchev–Trinajstić information content (AvgIpc) is 3.12. The Labute approximate surface area is 161 Å². The molecule has 0 unspecified atom stereocenters. The first-order valence-corrected chi connectivity index (χ1v) is 9.29. The number of carbonyl (C=O) groups is 1. The van der Waals surface area contributed by atoms with Crippen LogP contribution in [0.1, 0.15) is 54.4 Å². The Balaban J connectivity index is 1.84. The number of amides is 1. The van der Waals surface area contributed by atoms with E-state index in [1.807, 2.05) is 0 Å². The van der Waals surface area contributed by atoms with Crippen molar-refractivity contribution in [3.63, 3.8) is 0 Å². The molecule has 1 amide bonds. The predicted molar refractivity (Wildman–Crippen MR) is 102 cm³/mol. The Morgan fingerprint density at radius 1 is 1.14 bits per heavy atom. The number of fused-ring (bicyclic) bond motifs is 1. The lowest BCUT2D eigenvalue weighted by Gasteiger charge is -2.23. The summed E-state index contributed by atoms with van der Waals surface area (Å²) in [7, 11) is 0. The minimum atomic E-state index is -2.70. The molecule has 2 aromatic carbocycles. The van der Waals surface area contributed by atoms with Gasteiger partial charge in [-0.3, -0.25) is 4.79 Å². The number of alkyl halides is 2. The normalized spacial score (nSPS) is 11.3. The maximum atomic E-state index is 13.2. The molecule has 3 rings (SSSR count). The minimum Gasteiger partial charge on any atom is -0.337 e. The van der Waals surface area contributed by atoms with Crippen molar-refractivity contribution in [3.8, 4) is 0 Å². The molecule has 0 spiro atoms. The van der Waals surface area contributed by atoms with Crippen molar-refractivity contribution in [1.82, 2.24) is 14.9 Å². The first-order valence-electron chi connectivity index (χ1n) is 9.29. The molecule has 0 aliphatic carbocycles. The molecule has 0 bridgehead atoms. The van der Waals surface area contributed by atoms with Crippen molar-refractivity contribution in [3.05, 3.63) is 65.2 Å². The van der Waals surface area contributed by atoms with Gasteiger partial charge in [0.2, 0.25) is 0 Å². The van der Waals surface area contributed by atoms with Crippen molar-refractivity contribution in [2.75, 3.05) is 6.54 Å². The van der Waals surface area contributed by atoms with Crippen LogP contribution in [0.2, 0.25) is 0 Å². The number of nitrogens with one attached hydrogen (secondary N) is 1. The summed E-state index contributed by atoms with van der Waals surface area (Å²) in [5, 5.41) is 0. The highest BCUT2D eigenvalue weighted by molar-refractivity contribution is 5.97. The van der Waals surface area contributed by atoms with E-state index in [1.54, 1.807) is 35.2 Å². The molecule has 1 aromatic heterocycles. The molecule has 0 saturated carbocycles. The third-order valence-electron chi connectivity index (χ3n) is 4.56. The molecular formula is C21H22F3N3O. The number of carbonyl (C=O) groups excluding carboxylic acids is 1. The summed E-state index contributed by atoms with van der Waals surface area (Å²) in [6.45, 7) is 3.00. The summed E-state index contributed by atoms with van der Waals surface area (Å²) in [6, 6.07) is 10.8. The van der Waals surface area contributed by atoms with E-state index in [-0.39, 0.29) is 11.7 Å². The lowest BCUT2D eigenvalue weighted by Crippen LogP contribution is -2.31. The molecular weight excluding hydrogens is 367 g/mol. The van der Waals surface area contributed by atoms with Crippen LogP contribution < -0.4 is 0 Å². The van der Waals surface area contributed by atoms with Crippen molar-refractivity contribution >= 4 is 16.9 Å². The number of rotatable bonds is 8. The maximum Gasteiger partial charge on any atom is 0.295 e. The van der Waals surface area contributed by atoms with Crippen molar-refractivity contribution < 1.29 is 18.0 Å². The zero-order chi connectivity index (χ0) is 20.1. The molecule has 7 heteroatoms. The zero-order valence-electron chi connectivity index (χ0n) is 15.6. The fourth-order valence-electron chi connectivity index (χ4n) is 3.06. The summed E-state index contributed by atoms with van der Waals surface area (Å²) in [4.78, 5) is 21.2.